The highest BCUT2D eigenvalue weighted by atomic mass is 32.1. The molecule has 0 radical (unpaired) electrons. The fourth-order valence-electron chi connectivity index (χ4n) is 1.73. The van der Waals surface area contributed by atoms with Crippen molar-refractivity contribution in [2.75, 3.05) is 0 Å². The van der Waals surface area contributed by atoms with Crippen LogP contribution in [0.15, 0.2) is 30.3 Å². The highest BCUT2D eigenvalue weighted by molar-refractivity contribution is 7.11. The maximum atomic E-state index is 5.89. The van der Waals surface area contributed by atoms with Gasteiger partial charge in [-0.1, -0.05) is 30.3 Å². The summed E-state index contributed by atoms with van der Waals surface area (Å²) >= 11 is 1.73. The quantitative estimate of drug-likeness (QED) is 0.883. The van der Waals surface area contributed by atoms with Gasteiger partial charge in [0, 0.05) is 17.3 Å². The second-order valence-corrected chi connectivity index (χ2v) is 5.12. The summed E-state index contributed by atoms with van der Waals surface area (Å²) in [5.41, 5.74) is 8.27. The molecule has 2 N–H and O–H groups in total. The molecular weight excluding hydrogens is 216 g/mol. The van der Waals surface area contributed by atoms with E-state index < -0.39 is 0 Å². The predicted octanol–water partition coefficient (Wildman–Crippen LogP) is 3.06. The third kappa shape index (κ3) is 2.49. The molecule has 1 aromatic heterocycles. The monoisotopic (exact) mass is 232 g/mol. The van der Waals surface area contributed by atoms with Crippen molar-refractivity contribution in [1.29, 1.82) is 0 Å². The van der Waals surface area contributed by atoms with Crippen molar-refractivity contribution < 1.29 is 0 Å². The Morgan fingerprint density at radius 2 is 2.00 bits per heavy atom. The molecule has 0 saturated heterocycles. The topological polar surface area (TPSA) is 38.9 Å². The number of aromatic nitrogens is 1. The highest BCUT2D eigenvalue weighted by Crippen LogP contribution is 2.24. The lowest BCUT2D eigenvalue weighted by Gasteiger charge is -2.00. The third-order valence-corrected chi connectivity index (χ3v) is 3.85. The first-order chi connectivity index (χ1) is 7.66. The average molecular weight is 232 g/mol. The molecule has 0 spiro atoms. The Morgan fingerprint density at radius 3 is 2.56 bits per heavy atom. The summed E-state index contributed by atoms with van der Waals surface area (Å²) < 4.78 is 0. The first kappa shape index (κ1) is 11.3. The molecular formula is C13H16N2S. The average Bonchev–Trinajstić information content (AvgIpc) is 2.61. The number of hydrogen-bond donors (Lipinski definition) is 1. The van der Waals surface area contributed by atoms with E-state index in [4.69, 9.17) is 5.73 Å². The molecule has 3 heteroatoms. The molecule has 1 heterocycles. The minimum atomic E-state index is 0.0852. The molecule has 0 fully saturated rings. The van der Waals surface area contributed by atoms with Crippen LogP contribution < -0.4 is 5.73 Å². The number of benzene rings is 1. The number of rotatable bonds is 3. The maximum absolute atomic E-state index is 5.89. The zero-order chi connectivity index (χ0) is 11.5. The second kappa shape index (κ2) is 4.76. The van der Waals surface area contributed by atoms with Gasteiger partial charge in [-0.2, -0.15) is 0 Å². The second-order valence-electron chi connectivity index (χ2n) is 4.01. The van der Waals surface area contributed by atoms with Gasteiger partial charge in [0.25, 0.3) is 0 Å². The van der Waals surface area contributed by atoms with Gasteiger partial charge in [0.1, 0.15) is 0 Å². The smallest absolute Gasteiger partial charge is 0.0975 e. The Balaban J connectivity index is 2.20. The molecule has 16 heavy (non-hydrogen) atoms. The summed E-state index contributed by atoms with van der Waals surface area (Å²) in [7, 11) is 0. The predicted molar refractivity (Wildman–Crippen MR) is 68.7 cm³/mol. The number of nitrogens with two attached hydrogens (primary N) is 1. The SMILES string of the molecule is Cc1nc(Cc2ccccc2)sc1[C@H](C)N. The molecule has 0 saturated carbocycles. The first-order valence-corrected chi connectivity index (χ1v) is 6.24. The van der Waals surface area contributed by atoms with E-state index in [-0.39, 0.29) is 6.04 Å². The summed E-state index contributed by atoms with van der Waals surface area (Å²) in [6.45, 7) is 4.04. The van der Waals surface area contributed by atoms with E-state index in [1.807, 2.05) is 19.9 Å². The molecule has 0 aliphatic heterocycles. The van der Waals surface area contributed by atoms with Crippen LogP contribution in [0.1, 0.15) is 34.1 Å². The Kier molecular flexibility index (Phi) is 3.36. The number of thiazole rings is 1. The van der Waals surface area contributed by atoms with Crippen LogP contribution in [0.5, 0.6) is 0 Å². The van der Waals surface area contributed by atoms with E-state index in [0.717, 1.165) is 17.1 Å². The van der Waals surface area contributed by atoms with Gasteiger partial charge in [-0.15, -0.1) is 11.3 Å². The van der Waals surface area contributed by atoms with Crippen molar-refractivity contribution in [3.63, 3.8) is 0 Å². The maximum Gasteiger partial charge on any atom is 0.0975 e. The number of nitrogens with zero attached hydrogens (tertiary/aromatic N) is 1. The van der Waals surface area contributed by atoms with Crippen molar-refractivity contribution in [1.82, 2.24) is 4.98 Å². The lowest BCUT2D eigenvalue weighted by atomic mass is 10.2. The van der Waals surface area contributed by atoms with Crippen LogP contribution >= 0.6 is 11.3 Å². The van der Waals surface area contributed by atoms with Gasteiger partial charge in [-0.3, -0.25) is 0 Å². The van der Waals surface area contributed by atoms with Crippen LogP contribution in [0.25, 0.3) is 0 Å². The molecule has 0 amide bonds. The van der Waals surface area contributed by atoms with Crippen LogP contribution in [0, 0.1) is 6.92 Å². The molecule has 2 rings (SSSR count). The van der Waals surface area contributed by atoms with Crippen LogP contribution in [0.4, 0.5) is 0 Å². The number of aryl methyl sites for hydroxylation is 1. The minimum absolute atomic E-state index is 0.0852. The van der Waals surface area contributed by atoms with Crippen LogP contribution in [-0.2, 0) is 6.42 Å². The van der Waals surface area contributed by atoms with Gasteiger partial charge in [0.2, 0.25) is 0 Å². The molecule has 0 bridgehead atoms. The Bertz CT molecular complexity index is 460. The Labute approximate surface area is 100 Å². The Hall–Kier alpha value is -1.19. The van der Waals surface area contributed by atoms with Crippen molar-refractivity contribution >= 4 is 11.3 Å². The van der Waals surface area contributed by atoms with Gasteiger partial charge in [-0.25, -0.2) is 4.98 Å². The fraction of sp³-hybridized carbons (Fsp3) is 0.308. The van der Waals surface area contributed by atoms with E-state index in [9.17, 15) is 0 Å². The van der Waals surface area contributed by atoms with Gasteiger partial charge in [0.05, 0.1) is 10.7 Å². The largest absolute Gasteiger partial charge is 0.323 e. The molecule has 1 atom stereocenters. The first-order valence-electron chi connectivity index (χ1n) is 5.42. The van der Waals surface area contributed by atoms with Crippen molar-refractivity contribution in [2.24, 2.45) is 5.73 Å². The fourth-order valence-corrected chi connectivity index (χ4v) is 2.79. The molecule has 84 valence electrons. The molecule has 1 aromatic carbocycles. The molecule has 0 aliphatic rings. The van der Waals surface area contributed by atoms with Gasteiger partial charge in [0.15, 0.2) is 0 Å². The summed E-state index contributed by atoms with van der Waals surface area (Å²) in [6.07, 6.45) is 0.902. The summed E-state index contributed by atoms with van der Waals surface area (Å²) in [6, 6.07) is 10.5. The van der Waals surface area contributed by atoms with E-state index in [1.165, 1.54) is 10.4 Å². The molecule has 2 nitrogen and oxygen atoms in total. The van der Waals surface area contributed by atoms with Gasteiger partial charge in [-0.05, 0) is 19.4 Å². The van der Waals surface area contributed by atoms with E-state index in [0.29, 0.717) is 0 Å². The van der Waals surface area contributed by atoms with Crippen LogP contribution in [0.3, 0.4) is 0 Å². The molecule has 2 aromatic rings. The summed E-state index contributed by atoms with van der Waals surface area (Å²) in [5, 5.41) is 1.15. The van der Waals surface area contributed by atoms with Crippen molar-refractivity contribution in [3.05, 3.63) is 51.5 Å². The summed E-state index contributed by atoms with van der Waals surface area (Å²) in [5.74, 6) is 0. The van der Waals surface area contributed by atoms with Gasteiger partial charge >= 0.3 is 0 Å². The van der Waals surface area contributed by atoms with Crippen LogP contribution in [-0.4, -0.2) is 4.98 Å². The highest BCUT2D eigenvalue weighted by Gasteiger charge is 2.10. The Morgan fingerprint density at radius 1 is 1.31 bits per heavy atom. The van der Waals surface area contributed by atoms with E-state index in [2.05, 4.69) is 29.2 Å². The van der Waals surface area contributed by atoms with E-state index in [1.54, 1.807) is 11.3 Å². The van der Waals surface area contributed by atoms with E-state index >= 15 is 0 Å². The number of hydrogen-bond acceptors (Lipinski definition) is 3. The lowest BCUT2D eigenvalue weighted by molar-refractivity contribution is 0.825. The zero-order valence-corrected chi connectivity index (χ0v) is 10.4. The normalized spacial score (nSPS) is 12.7. The van der Waals surface area contributed by atoms with Crippen LogP contribution in [0.2, 0.25) is 0 Å². The lowest BCUT2D eigenvalue weighted by Crippen LogP contribution is -2.03. The summed E-state index contributed by atoms with van der Waals surface area (Å²) in [4.78, 5) is 5.77. The minimum Gasteiger partial charge on any atom is -0.323 e. The molecule has 0 unspecified atom stereocenters. The van der Waals surface area contributed by atoms with Gasteiger partial charge < -0.3 is 5.73 Å². The third-order valence-electron chi connectivity index (χ3n) is 2.49. The molecule has 0 aliphatic carbocycles. The standard InChI is InChI=1S/C13H16N2S/c1-9(14)13-10(2)15-12(16-13)8-11-6-4-3-5-7-11/h3-7,9H,8,14H2,1-2H3/t9-/m0/s1. The van der Waals surface area contributed by atoms with Crippen molar-refractivity contribution in [2.45, 2.75) is 26.3 Å². The zero-order valence-electron chi connectivity index (χ0n) is 9.60. The van der Waals surface area contributed by atoms with Crippen molar-refractivity contribution in [3.8, 4) is 0 Å².